The summed E-state index contributed by atoms with van der Waals surface area (Å²) in [6.07, 6.45) is 7.12. The molecule has 3 heterocycles. The highest BCUT2D eigenvalue weighted by Gasteiger charge is 2.24. The molecule has 0 amide bonds. The fourth-order valence-corrected chi connectivity index (χ4v) is 3.81. The van der Waals surface area contributed by atoms with Gasteiger partial charge in [-0.15, -0.1) is 10.2 Å². The van der Waals surface area contributed by atoms with Crippen molar-refractivity contribution >= 4 is 11.5 Å². The summed E-state index contributed by atoms with van der Waals surface area (Å²) in [6, 6.07) is 16.8. The minimum atomic E-state index is 0.260. The Labute approximate surface area is 151 Å². The largest absolute Gasteiger partial charge is 0.364 e. The third-order valence-electron chi connectivity index (χ3n) is 5.09. The van der Waals surface area contributed by atoms with E-state index in [0.29, 0.717) is 0 Å². The van der Waals surface area contributed by atoms with Crippen molar-refractivity contribution in [3.63, 3.8) is 0 Å². The van der Waals surface area contributed by atoms with Crippen molar-refractivity contribution in [1.29, 1.82) is 0 Å². The van der Waals surface area contributed by atoms with E-state index in [1.807, 2.05) is 28.8 Å². The lowest BCUT2D eigenvalue weighted by molar-refractivity contribution is 0.555. The Morgan fingerprint density at radius 2 is 2.00 bits per heavy atom. The van der Waals surface area contributed by atoms with Gasteiger partial charge in [0.05, 0.1) is 18.8 Å². The van der Waals surface area contributed by atoms with Crippen LogP contribution in [0.15, 0.2) is 61.1 Å². The van der Waals surface area contributed by atoms with Crippen molar-refractivity contribution in [2.45, 2.75) is 31.8 Å². The molecule has 0 saturated heterocycles. The maximum Gasteiger partial charge on any atom is 0.162 e. The molecule has 6 heteroatoms. The minimum Gasteiger partial charge on any atom is -0.364 e. The Morgan fingerprint density at radius 1 is 1.08 bits per heavy atom. The maximum atomic E-state index is 4.68. The van der Waals surface area contributed by atoms with Crippen LogP contribution >= 0.6 is 0 Å². The zero-order valence-corrected chi connectivity index (χ0v) is 14.4. The number of anilines is 1. The Bertz CT molecular complexity index is 1030. The number of pyridine rings is 1. The molecule has 1 aromatic carbocycles. The van der Waals surface area contributed by atoms with Gasteiger partial charge in [0, 0.05) is 11.3 Å². The molecular weight excluding hydrogens is 324 g/mol. The molecule has 1 unspecified atom stereocenters. The molecule has 1 aliphatic rings. The van der Waals surface area contributed by atoms with Crippen molar-refractivity contribution in [1.82, 2.24) is 24.4 Å². The van der Waals surface area contributed by atoms with Crippen molar-refractivity contribution in [3.8, 4) is 0 Å². The highest BCUT2D eigenvalue weighted by atomic mass is 15.3. The maximum absolute atomic E-state index is 4.68. The number of hydrogen-bond donors (Lipinski definition) is 1. The Morgan fingerprint density at radius 3 is 2.92 bits per heavy atom. The topological polar surface area (TPSA) is 60.0 Å². The van der Waals surface area contributed by atoms with Crippen LogP contribution in [0.2, 0.25) is 0 Å². The van der Waals surface area contributed by atoms with Crippen molar-refractivity contribution in [2.24, 2.45) is 0 Å². The molecule has 5 rings (SSSR count). The second kappa shape index (κ2) is 6.29. The summed E-state index contributed by atoms with van der Waals surface area (Å²) in [5.41, 5.74) is 4.78. The zero-order chi connectivity index (χ0) is 17.3. The summed E-state index contributed by atoms with van der Waals surface area (Å²) in [5.74, 6) is 1.01. The first kappa shape index (κ1) is 15.1. The molecule has 4 aromatic rings. The lowest BCUT2D eigenvalue weighted by atomic mass is 9.93. The molecule has 0 bridgehead atoms. The van der Waals surface area contributed by atoms with Gasteiger partial charge in [0.2, 0.25) is 0 Å². The molecule has 0 radical (unpaired) electrons. The monoisotopic (exact) mass is 344 g/mol. The van der Waals surface area contributed by atoms with Crippen LogP contribution in [0.4, 0.5) is 5.82 Å². The van der Waals surface area contributed by atoms with Crippen molar-refractivity contribution in [2.75, 3.05) is 5.32 Å². The smallest absolute Gasteiger partial charge is 0.162 e. The number of rotatable bonds is 4. The van der Waals surface area contributed by atoms with Gasteiger partial charge in [-0.2, -0.15) is 5.10 Å². The van der Waals surface area contributed by atoms with Gasteiger partial charge >= 0.3 is 0 Å². The Kier molecular flexibility index (Phi) is 3.66. The number of fused-ring (bicyclic) bond motifs is 2. The third-order valence-corrected chi connectivity index (χ3v) is 5.09. The summed E-state index contributed by atoms with van der Waals surface area (Å²) in [7, 11) is 0. The Hall–Kier alpha value is -3.15. The molecular formula is C20H20N6. The Balaban J connectivity index is 1.44. The van der Waals surface area contributed by atoms with E-state index in [1.54, 1.807) is 6.33 Å². The lowest BCUT2D eigenvalue weighted by Crippen LogP contribution is -2.19. The second-order valence-electron chi connectivity index (χ2n) is 6.75. The molecule has 0 saturated carbocycles. The SMILES string of the molecule is c1ccc(Cn2ncc3c2CCCC3Nc2cccc3nncn23)cc1. The first-order chi connectivity index (χ1) is 12.9. The minimum absolute atomic E-state index is 0.260. The summed E-state index contributed by atoms with van der Waals surface area (Å²) in [4.78, 5) is 0. The van der Waals surface area contributed by atoms with Crippen LogP contribution < -0.4 is 5.32 Å². The van der Waals surface area contributed by atoms with E-state index in [-0.39, 0.29) is 6.04 Å². The van der Waals surface area contributed by atoms with E-state index in [2.05, 4.69) is 55.6 Å². The van der Waals surface area contributed by atoms with E-state index in [1.165, 1.54) is 16.8 Å². The van der Waals surface area contributed by atoms with Gasteiger partial charge in [-0.3, -0.25) is 9.08 Å². The van der Waals surface area contributed by atoms with E-state index in [9.17, 15) is 0 Å². The summed E-state index contributed by atoms with van der Waals surface area (Å²) in [6.45, 7) is 0.823. The molecule has 0 spiro atoms. The van der Waals surface area contributed by atoms with Gasteiger partial charge in [0.15, 0.2) is 5.65 Å². The van der Waals surface area contributed by atoms with Gasteiger partial charge < -0.3 is 5.32 Å². The van der Waals surface area contributed by atoms with Crippen molar-refractivity contribution in [3.05, 3.63) is 77.9 Å². The highest BCUT2D eigenvalue weighted by molar-refractivity contribution is 5.50. The highest BCUT2D eigenvalue weighted by Crippen LogP contribution is 2.32. The van der Waals surface area contributed by atoms with E-state index < -0.39 is 0 Å². The lowest BCUT2D eigenvalue weighted by Gasteiger charge is -2.25. The molecule has 1 aliphatic carbocycles. The number of hydrogen-bond acceptors (Lipinski definition) is 4. The zero-order valence-electron chi connectivity index (χ0n) is 14.4. The van der Waals surface area contributed by atoms with Gasteiger partial charge in [-0.1, -0.05) is 36.4 Å². The summed E-state index contributed by atoms with van der Waals surface area (Å²) < 4.78 is 4.14. The normalized spacial score (nSPS) is 16.5. The summed E-state index contributed by atoms with van der Waals surface area (Å²) in [5, 5.41) is 16.5. The number of aromatic nitrogens is 5. The van der Waals surface area contributed by atoms with Gasteiger partial charge in [-0.25, -0.2) is 0 Å². The number of nitrogens with one attached hydrogen (secondary N) is 1. The summed E-state index contributed by atoms with van der Waals surface area (Å²) >= 11 is 0. The molecule has 130 valence electrons. The quantitative estimate of drug-likeness (QED) is 0.616. The fraction of sp³-hybridized carbons (Fsp3) is 0.250. The van der Waals surface area contributed by atoms with E-state index >= 15 is 0 Å². The molecule has 1 N–H and O–H groups in total. The standard InChI is InChI=1S/C20H20N6/c1-2-6-15(7-3-1)13-26-18-9-4-8-17(16(18)12-22-26)23-19-10-5-11-20-24-21-14-25(19)20/h1-3,5-7,10-12,14,17,23H,4,8-9,13H2. The number of benzene rings is 1. The second-order valence-corrected chi connectivity index (χ2v) is 6.75. The first-order valence-corrected chi connectivity index (χ1v) is 9.02. The molecule has 26 heavy (non-hydrogen) atoms. The van der Waals surface area contributed by atoms with Crippen LogP contribution in [0.1, 0.15) is 35.7 Å². The first-order valence-electron chi connectivity index (χ1n) is 9.02. The van der Waals surface area contributed by atoms with Crippen LogP contribution in [-0.2, 0) is 13.0 Å². The fourth-order valence-electron chi connectivity index (χ4n) is 3.81. The third kappa shape index (κ3) is 2.63. The van der Waals surface area contributed by atoms with E-state index in [0.717, 1.165) is 37.3 Å². The van der Waals surface area contributed by atoms with Crippen LogP contribution in [0.25, 0.3) is 5.65 Å². The molecule has 1 atom stereocenters. The van der Waals surface area contributed by atoms with Gasteiger partial charge in [-0.05, 0) is 37.0 Å². The predicted molar refractivity (Wildman–Crippen MR) is 100 cm³/mol. The molecule has 3 aromatic heterocycles. The van der Waals surface area contributed by atoms with Crippen LogP contribution in [0.3, 0.4) is 0 Å². The molecule has 0 aliphatic heterocycles. The van der Waals surface area contributed by atoms with E-state index in [4.69, 9.17) is 0 Å². The van der Waals surface area contributed by atoms with Crippen LogP contribution in [0, 0.1) is 0 Å². The number of nitrogens with zero attached hydrogens (tertiary/aromatic N) is 5. The van der Waals surface area contributed by atoms with Crippen LogP contribution in [0.5, 0.6) is 0 Å². The average Bonchev–Trinajstić information content (AvgIpc) is 3.31. The van der Waals surface area contributed by atoms with Gasteiger partial charge in [0.1, 0.15) is 12.1 Å². The predicted octanol–water partition coefficient (Wildman–Crippen LogP) is 3.46. The molecule has 6 nitrogen and oxygen atoms in total. The van der Waals surface area contributed by atoms with Crippen LogP contribution in [-0.4, -0.2) is 24.4 Å². The average molecular weight is 344 g/mol. The van der Waals surface area contributed by atoms with Crippen molar-refractivity contribution < 1.29 is 0 Å². The van der Waals surface area contributed by atoms with Gasteiger partial charge in [0.25, 0.3) is 0 Å². The molecule has 0 fully saturated rings.